The van der Waals surface area contributed by atoms with Gasteiger partial charge in [-0.2, -0.15) is 0 Å². The van der Waals surface area contributed by atoms with Crippen molar-refractivity contribution in [1.29, 1.82) is 0 Å². The second-order valence-electron chi connectivity index (χ2n) is 5.83. The van der Waals surface area contributed by atoms with Gasteiger partial charge in [-0.25, -0.2) is 0 Å². The molecule has 0 saturated carbocycles. The summed E-state index contributed by atoms with van der Waals surface area (Å²) in [4.78, 5) is 24.9. The van der Waals surface area contributed by atoms with Crippen molar-refractivity contribution < 1.29 is 9.59 Å². The van der Waals surface area contributed by atoms with Crippen LogP contribution in [0.15, 0.2) is 30.3 Å². The first kappa shape index (κ1) is 19.5. The van der Waals surface area contributed by atoms with Crippen LogP contribution in [0.3, 0.4) is 0 Å². The van der Waals surface area contributed by atoms with Gasteiger partial charge in [0, 0.05) is 13.1 Å². The zero-order chi connectivity index (χ0) is 15.8. The summed E-state index contributed by atoms with van der Waals surface area (Å²) in [5.41, 5.74) is 6.58. The summed E-state index contributed by atoms with van der Waals surface area (Å²) in [7, 11) is 0. The number of nitrogens with two attached hydrogens (primary N) is 1. The quantitative estimate of drug-likeness (QED) is 0.821. The molecule has 0 atom stereocenters. The molecule has 1 aromatic rings. The van der Waals surface area contributed by atoms with Gasteiger partial charge in [0.1, 0.15) is 0 Å². The van der Waals surface area contributed by atoms with Gasteiger partial charge >= 0.3 is 0 Å². The number of aryl methyl sites for hydroxylation is 1. The number of nitrogens with one attached hydrogen (secondary N) is 1. The summed E-state index contributed by atoms with van der Waals surface area (Å²) >= 11 is 0. The van der Waals surface area contributed by atoms with E-state index in [0.717, 1.165) is 32.4 Å². The molecular formula is C17H26ClN3O2. The largest absolute Gasteiger partial charge is 0.346 e. The van der Waals surface area contributed by atoms with Crippen LogP contribution in [0.2, 0.25) is 0 Å². The Balaban J connectivity index is 0.00000264. The molecular weight excluding hydrogens is 314 g/mol. The Morgan fingerprint density at radius 2 is 1.83 bits per heavy atom. The topological polar surface area (TPSA) is 75.4 Å². The number of rotatable bonds is 6. The summed E-state index contributed by atoms with van der Waals surface area (Å²) < 4.78 is 0. The Labute approximate surface area is 144 Å². The molecule has 2 amide bonds. The number of carbonyl (C=O) groups excluding carboxylic acids is 2. The number of halogens is 1. The van der Waals surface area contributed by atoms with Crippen LogP contribution in [0.25, 0.3) is 0 Å². The molecule has 0 unspecified atom stereocenters. The van der Waals surface area contributed by atoms with E-state index in [9.17, 15) is 9.59 Å². The highest BCUT2D eigenvalue weighted by atomic mass is 35.5. The maximum absolute atomic E-state index is 12.0. The van der Waals surface area contributed by atoms with Gasteiger partial charge in [0.2, 0.25) is 11.8 Å². The van der Waals surface area contributed by atoms with Crippen LogP contribution in [0, 0.1) is 5.92 Å². The summed E-state index contributed by atoms with van der Waals surface area (Å²) in [6, 6.07) is 10.5. The van der Waals surface area contributed by atoms with E-state index in [1.54, 1.807) is 0 Å². The van der Waals surface area contributed by atoms with E-state index in [0.29, 0.717) is 5.92 Å². The van der Waals surface area contributed by atoms with Crippen molar-refractivity contribution in [3.63, 3.8) is 0 Å². The summed E-state index contributed by atoms with van der Waals surface area (Å²) in [6.45, 7) is 1.56. The SMILES string of the molecule is Cl.NCC(=O)NCC(=O)N1CCC(CCc2ccccc2)CC1. The molecule has 1 aliphatic rings. The third-order valence-corrected chi connectivity index (χ3v) is 4.27. The Kier molecular flexibility index (Phi) is 8.66. The number of amides is 2. The molecule has 0 aliphatic carbocycles. The predicted molar refractivity (Wildman–Crippen MR) is 93.4 cm³/mol. The van der Waals surface area contributed by atoms with Gasteiger partial charge in [0.05, 0.1) is 13.1 Å². The Bertz CT molecular complexity index is 488. The van der Waals surface area contributed by atoms with Crippen LogP contribution in [-0.2, 0) is 16.0 Å². The monoisotopic (exact) mass is 339 g/mol. The second kappa shape index (κ2) is 10.2. The lowest BCUT2D eigenvalue weighted by atomic mass is 9.90. The number of likely N-dealkylation sites (tertiary alicyclic amines) is 1. The summed E-state index contributed by atoms with van der Waals surface area (Å²) in [6.07, 6.45) is 4.37. The molecule has 1 aliphatic heterocycles. The number of benzene rings is 1. The first-order chi connectivity index (χ1) is 10.7. The zero-order valence-corrected chi connectivity index (χ0v) is 14.2. The maximum Gasteiger partial charge on any atom is 0.241 e. The molecule has 23 heavy (non-hydrogen) atoms. The normalized spacial score (nSPS) is 14.9. The van der Waals surface area contributed by atoms with Crippen molar-refractivity contribution in [2.24, 2.45) is 11.7 Å². The molecule has 5 nitrogen and oxygen atoms in total. The first-order valence-electron chi connectivity index (χ1n) is 7.97. The molecule has 128 valence electrons. The van der Waals surface area contributed by atoms with E-state index < -0.39 is 0 Å². The van der Waals surface area contributed by atoms with Gasteiger partial charge in [0.15, 0.2) is 0 Å². The zero-order valence-electron chi connectivity index (χ0n) is 13.4. The number of piperidine rings is 1. The van der Waals surface area contributed by atoms with Crippen LogP contribution >= 0.6 is 12.4 Å². The molecule has 1 fully saturated rings. The van der Waals surface area contributed by atoms with Crippen LogP contribution in [0.5, 0.6) is 0 Å². The number of nitrogens with zero attached hydrogens (tertiary/aromatic N) is 1. The Morgan fingerprint density at radius 1 is 1.17 bits per heavy atom. The van der Waals surface area contributed by atoms with Gasteiger partial charge in [-0.3, -0.25) is 9.59 Å². The molecule has 1 saturated heterocycles. The van der Waals surface area contributed by atoms with Crippen molar-refractivity contribution in [3.8, 4) is 0 Å². The highest BCUT2D eigenvalue weighted by Crippen LogP contribution is 2.22. The van der Waals surface area contributed by atoms with Crippen LogP contribution < -0.4 is 11.1 Å². The average molecular weight is 340 g/mol. The van der Waals surface area contributed by atoms with Crippen molar-refractivity contribution in [3.05, 3.63) is 35.9 Å². The van der Waals surface area contributed by atoms with Crippen LogP contribution in [0.4, 0.5) is 0 Å². The molecule has 0 spiro atoms. The number of hydrogen-bond acceptors (Lipinski definition) is 3. The average Bonchev–Trinajstić information content (AvgIpc) is 2.59. The lowest BCUT2D eigenvalue weighted by Gasteiger charge is -2.32. The molecule has 0 bridgehead atoms. The lowest BCUT2D eigenvalue weighted by Crippen LogP contribution is -2.45. The Hall–Kier alpha value is -1.59. The van der Waals surface area contributed by atoms with Gasteiger partial charge in [-0.05, 0) is 37.2 Å². The molecule has 3 N–H and O–H groups in total. The molecule has 6 heteroatoms. The molecule has 0 aromatic heterocycles. The summed E-state index contributed by atoms with van der Waals surface area (Å²) in [5, 5.41) is 2.53. The third-order valence-electron chi connectivity index (χ3n) is 4.27. The maximum atomic E-state index is 12.0. The highest BCUT2D eigenvalue weighted by Gasteiger charge is 2.22. The third kappa shape index (κ3) is 6.59. The highest BCUT2D eigenvalue weighted by molar-refractivity contribution is 5.85. The first-order valence-corrected chi connectivity index (χ1v) is 7.97. The lowest BCUT2D eigenvalue weighted by molar-refractivity contribution is -0.133. The van der Waals surface area contributed by atoms with Crippen LogP contribution in [-0.4, -0.2) is 42.9 Å². The van der Waals surface area contributed by atoms with Crippen LogP contribution in [0.1, 0.15) is 24.8 Å². The fourth-order valence-electron chi connectivity index (χ4n) is 2.84. The minimum atomic E-state index is -0.286. The van der Waals surface area contributed by atoms with Crippen molar-refractivity contribution in [1.82, 2.24) is 10.2 Å². The fraction of sp³-hybridized carbons (Fsp3) is 0.529. The molecule has 2 rings (SSSR count). The Morgan fingerprint density at radius 3 is 2.43 bits per heavy atom. The van der Waals surface area contributed by atoms with E-state index in [4.69, 9.17) is 5.73 Å². The molecule has 1 heterocycles. The van der Waals surface area contributed by atoms with Crippen molar-refractivity contribution >= 4 is 24.2 Å². The molecule has 0 radical (unpaired) electrons. The fourth-order valence-corrected chi connectivity index (χ4v) is 2.84. The van der Waals surface area contributed by atoms with Gasteiger partial charge < -0.3 is 16.0 Å². The number of carbonyl (C=O) groups is 2. The predicted octanol–water partition coefficient (Wildman–Crippen LogP) is 1.35. The van der Waals surface area contributed by atoms with Gasteiger partial charge in [-0.15, -0.1) is 12.4 Å². The molecule has 1 aromatic carbocycles. The minimum absolute atomic E-state index is 0. The number of hydrogen-bond donors (Lipinski definition) is 2. The van der Waals surface area contributed by atoms with Crippen molar-refractivity contribution in [2.75, 3.05) is 26.2 Å². The van der Waals surface area contributed by atoms with Gasteiger partial charge in [-0.1, -0.05) is 30.3 Å². The van der Waals surface area contributed by atoms with E-state index in [1.807, 2.05) is 11.0 Å². The van der Waals surface area contributed by atoms with Gasteiger partial charge in [0.25, 0.3) is 0 Å². The summed E-state index contributed by atoms with van der Waals surface area (Å²) in [5.74, 6) is 0.386. The van der Waals surface area contributed by atoms with E-state index in [-0.39, 0.29) is 37.3 Å². The second-order valence-corrected chi connectivity index (χ2v) is 5.83. The smallest absolute Gasteiger partial charge is 0.241 e. The standard InChI is InChI=1S/C17H25N3O2.ClH/c18-12-16(21)19-13-17(22)20-10-8-15(9-11-20)7-6-14-4-2-1-3-5-14;/h1-5,15H,6-13,18H2,(H,19,21);1H. The van der Waals surface area contributed by atoms with Crippen molar-refractivity contribution in [2.45, 2.75) is 25.7 Å². The van der Waals surface area contributed by atoms with E-state index in [1.165, 1.54) is 12.0 Å². The minimum Gasteiger partial charge on any atom is -0.346 e. The van der Waals surface area contributed by atoms with E-state index >= 15 is 0 Å². The van der Waals surface area contributed by atoms with E-state index in [2.05, 4.69) is 29.6 Å².